The molecule has 6 nitrogen and oxygen atoms in total. The number of carbonyl (C=O) groups is 1. The molecule has 2 N–H and O–H groups in total. The molecular weight excluding hydrogens is 220 g/mol. The summed E-state index contributed by atoms with van der Waals surface area (Å²) in [6, 6.07) is 0. The van der Waals surface area contributed by atoms with E-state index in [0.717, 1.165) is 0 Å². The lowest BCUT2D eigenvalue weighted by Crippen LogP contribution is -1.98. The summed E-state index contributed by atoms with van der Waals surface area (Å²) in [7, 11) is -4.38. The van der Waals surface area contributed by atoms with Gasteiger partial charge in [-0.2, -0.15) is 12.0 Å². The number of carboxylic acid groups (broad SMARTS) is 1. The summed E-state index contributed by atoms with van der Waals surface area (Å²) in [6.07, 6.45) is 1.02. The first-order valence-electron chi connectivity index (χ1n) is 3.42. The highest BCUT2D eigenvalue weighted by Crippen LogP contribution is 2.10. The van der Waals surface area contributed by atoms with E-state index in [0.29, 0.717) is 30.6 Å². The molecule has 0 unspecified atom stereocenters. The molecule has 0 radical (unpaired) electrons. The number of unbranched alkanes of at least 4 members (excludes halogenated alkanes) is 1. The molecule has 0 bridgehead atoms. The smallest absolute Gasteiger partial charge is 0.408 e. The standard InChI is InChI=1S/C5H10O6S2/c6-5(7)3-1-2-4-12-11-13(8,9)10/h1-4H2,(H,6,7)(H,8,9,10). The van der Waals surface area contributed by atoms with Crippen molar-refractivity contribution >= 4 is 28.4 Å². The Morgan fingerprint density at radius 3 is 2.46 bits per heavy atom. The van der Waals surface area contributed by atoms with Crippen LogP contribution in [0.15, 0.2) is 0 Å². The summed E-state index contributed by atoms with van der Waals surface area (Å²) < 4.78 is 32.0. The van der Waals surface area contributed by atoms with Crippen LogP contribution < -0.4 is 0 Å². The Hall–Kier alpha value is -0.310. The summed E-state index contributed by atoms with van der Waals surface area (Å²) in [4.78, 5) is 10.0. The third-order valence-corrected chi connectivity index (χ3v) is 2.53. The second kappa shape index (κ2) is 6.19. The summed E-state index contributed by atoms with van der Waals surface area (Å²) >= 11 is 0.581. The van der Waals surface area contributed by atoms with Gasteiger partial charge in [-0.15, -0.1) is 0 Å². The number of carboxylic acids is 1. The summed E-state index contributed by atoms with van der Waals surface area (Å²) in [5.41, 5.74) is 0. The molecule has 0 aromatic carbocycles. The largest absolute Gasteiger partial charge is 0.481 e. The lowest BCUT2D eigenvalue weighted by atomic mass is 10.3. The van der Waals surface area contributed by atoms with E-state index in [1.807, 2.05) is 0 Å². The monoisotopic (exact) mass is 230 g/mol. The number of aliphatic carboxylic acids is 1. The Morgan fingerprint density at radius 1 is 1.38 bits per heavy atom. The highest BCUT2D eigenvalue weighted by molar-refractivity contribution is 8.02. The molecule has 0 aliphatic heterocycles. The molecule has 0 aromatic heterocycles. The van der Waals surface area contributed by atoms with Crippen LogP contribution in [-0.4, -0.2) is 29.8 Å². The average Bonchev–Trinajstić information content (AvgIpc) is 1.93. The Morgan fingerprint density at radius 2 is 2.00 bits per heavy atom. The van der Waals surface area contributed by atoms with Crippen molar-refractivity contribution in [3.63, 3.8) is 0 Å². The van der Waals surface area contributed by atoms with Gasteiger partial charge in [0.15, 0.2) is 0 Å². The molecule has 0 saturated carbocycles. The number of rotatable bonds is 7. The maximum absolute atomic E-state index is 10.0. The van der Waals surface area contributed by atoms with Gasteiger partial charge in [0.1, 0.15) is 0 Å². The van der Waals surface area contributed by atoms with Gasteiger partial charge in [0.2, 0.25) is 0 Å². The average molecular weight is 230 g/mol. The van der Waals surface area contributed by atoms with Gasteiger partial charge in [0, 0.05) is 24.2 Å². The van der Waals surface area contributed by atoms with Crippen LogP contribution in [0.1, 0.15) is 19.3 Å². The van der Waals surface area contributed by atoms with Crippen molar-refractivity contribution in [2.24, 2.45) is 0 Å². The zero-order chi connectivity index (χ0) is 10.3. The van der Waals surface area contributed by atoms with Crippen molar-refractivity contribution < 1.29 is 26.5 Å². The maximum atomic E-state index is 10.0. The molecule has 0 rings (SSSR count). The van der Waals surface area contributed by atoms with E-state index in [9.17, 15) is 13.2 Å². The molecule has 0 atom stereocenters. The van der Waals surface area contributed by atoms with Crippen molar-refractivity contribution in [1.82, 2.24) is 0 Å². The molecular formula is C5H10O6S2. The fourth-order valence-electron chi connectivity index (χ4n) is 0.532. The van der Waals surface area contributed by atoms with Crippen LogP contribution in [0.2, 0.25) is 0 Å². The third-order valence-electron chi connectivity index (χ3n) is 1.00. The third kappa shape index (κ3) is 11.7. The van der Waals surface area contributed by atoms with Crippen molar-refractivity contribution in [2.45, 2.75) is 19.3 Å². The Balaban J connectivity index is 3.23. The van der Waals surface area contributed by atoms with Crippen molar-refractivity contribution in [3.8, 4) is 0 Å². The maximum Gasteiger partial charge on any atom is 0.408 e. The van der Waals surface area contributed by atoms with Gasteiger partial charge >= 0.3 is 16.4 Å². The topological polar surface area (TPSA) is 101 Å². The van der Waals surface area contributed by atoms with Crippen molar-refractivity contribution in [1.29, 1.82) is 0 Å². The molecule has 0 aliphatic carbocycles. The van der Waals surface area contributed by atoms with Gasteiger partial charge in [0.05, 0.1) is 0 Å². The highest BCUT2D eigenvalue weighted by atomic mass is 32.3. The van der Waals surface area contributed by atoms with Gasteiger partial charge < -0.3 is 5.11 Å². The fourth-order valence-corrected chi connectivity index (χ4v) is 1.61. The lowest BCUT2D eigenvalue weighted by molar-refractivity contribution is -0.137. The molecule has 0 amide bonds. The van der Waals surface area contributed by atoms with Crippen LogP contribution in [-0.2, 0) is 18.8 Å². The van der Waals surface area contributed by atoms with Gasteiger partial charge in [-0.05, 0) is 12.8 Å². The minimum atomic E-state index is -4.38. The van der Waals surface area contributed by atoms with Crippen LogP contribution in [0, 0.1) is 0 Å². The molecule has 0 heterocycles. The zero-order valence-electron chi connectivity index (χ0n) is 6.67. The molecule has 0 aromatic rings. The van der Waals surface area contributed by atoms with Gasteiger partial charge in [0.25, 0.3) is 0 Å². The zero-order valence-corrected chi connectivity index (χ0v) is 8.31. The van der Waals surface area contributed by atoms with E-state index >= 15 is 0 Å². The van der Waals surface area contributed by atoms with Crippen molar-refractivity contribution in [3.05, 3.63) is 0 Å². The molecule has 0 saturated heterocycles. The first-order chi connectivity index (χ1) is 5.92. The minimum Gasteiger partial charge on any atom is -0.481 e. The highest BCUT2D eigenvalue weighted by Gasteiger charge is 2.04. The molecule has 78 valence electrons. The van der Waals surface area contributed by atoms with E-state index < -0.39 is 16.4 Å². The Bertz CT molecular complexity index is 246. The predicted octanol–water partition coefficient (Wildman–Crippen LogP) is 0.709. The number of hydrogen-bond donors (Lipinski definition) is 2. The molecule has 0 aliphatic rings. The van der Waals surface area contributed by atoms with E-state index in [1.54, 1.807) is 0 Å². The Labute approximate surface area is 80.4 Å². The lowest BCUT2D eigenvalue weighted by Gasteiger charge is -1.97. The minimum absolute atomic E-state index is 0.0481. The summed E-state index contributed by atoms with van der Waals surface area (Å²) in [5, 5.41) is 8.23. The second-order valence-corrected chi connectivity index (χ2v) is 4.21. The SMILES string of the molecule is O=C(O)CCCCSOS(=O)(=O)O. The summed E-state index contributed by atoms with van der Waals surface area (Å²) in [5.74, 6) is -0.562. The van der Waals surface area contributed by atoms with Gasteiger partial charge in [-0.25, -0.2) is 0 Å². The second-order valence-electron chi connectivity index (χ2n) is 2.17. The number of hydrogen-bond acceptors (Lipinski definition) is 5. The van der Waals surface area contributed by atoms with E-state index in [2.05, 4.69) is 3.63 Å². The van der Waals surface area contributed by atoms with Gasteiger partial charge in [-0.1, -0.05) is 0 Å². The molecule has 0 fully saturated rings. The van der Waals surface area contributed by atoms with Crippen molar-refractivity contribution in [2.75, 3.05) is 5.75 Å². The van der Waals surface area contributed by atoms with Gasteiger partial charge in [-0.3, -0.25) is 9.35 Å². The van der Waals surface area contributed by atoms with Crippen LogP contribution in [0.4, 0.5) is 0 Å². The van der Waals surface area contributed by atoms with E-state index in [4.69, 9.17) is 9.66 Å². The quantitative estimate of drug-likeness (QED) is 0.377. The van der Waals surface area contributed by atoms with E-state index in [1.165, 1.54) is 0 Å². The van der Waals surface area contributed by atoms with E-state index in [-0.39, 0.29) is 6.42 Å². The normalized spacial score (nSPS) is 11.5. The van der Waals surface area contributed by atoms with Crippen LogP contribution in [0.25, 0.3) is 0 Å². The predicted molar refractivity (Wildman–Crippen MR) is 46.6 cm³/mol. The van der Waals surface area contributed by atoms with Crippen LogP contribution >= 0.6 is 12.0 Å². The first kappa shape index (κ1) is 12.7. The Kier molecular flexibility index (Phi) is 6.04. The molecule has 8 heteroatoms. The fraction of sp³-hybridized carbons (Fsp3) is 0.800. The van der Waals surface area contributed by atoms with Crippen LogP contribution in [0.5, 0.6) is 0 Å². The first-order valence-corrected chi connectivity index (χ1v) is 5.70. The molecule has 0 spiro atoms. The summed E-state index contributed by atoms with van der Waals surface area (Å²) in [6.45, 7) is 0. The van der Waals surface area contributed by atoms with Crippen LogP contribution in [0.3, 0.4) is 0 Å². The molecule has 13 heavy (non-hydrogen) atoms.